The molecule has 6 fully saturated rings. The van der Waals surface area contributed by atoms with Crippen molar-refractivity contribution in [2.75, 3.05) is 11.5 Å². The van der Waals surface area contributed by atoms with Gasteiger partial charge in [0, 0.05) is 41.8 Å². The zero-order valence-corrected chi connectivity index (χ0v) is 32.9. The Morgan fingerprint density at radius 2 is 1.25 bits per heavy atom. The van der Waals surface area contributed by atoms with Crippen LogP contribution in [-0.4, -0.2) is 74.4 Å². The number of fused-ring (bicyclic) bond motifs is 7. The van der Waals surface area contributed by atoms with Crippen molar-refractivity contribution < 1.29 is 18.9 Å². The van der Waals surface area contributed by atoms with Gasteiger partial charge in [0.25, 0.3) is 0 Å². The van der Waals surface area contributed by atoms with Gasteiger partial charge in [0.2, 0.25) is 0 Å². The SMILES string of the molecule is C=C1CC2(C1)C[C@@H](n1ccc3c(N)ncnc31)[C@@H]1OC(C)(C)O[C@@H]12.CC1(C)O[C@H]2[C@H](n3ccc4c(N)ncnc43)CC3(CC(Cc4ccn5ccnc5c4)C3)[C@H]2O1. The molecular weight excluding hydrogens is 721 g/mol. The second-order valence-corrected chi connectivity index (χ2v) is 18.6. The van der Waals surface area contributed by atoms with Crippen molar-refractivity contribution in [3.05, 3.63) is 85.6 Å². The largest absolute Gasteiger partial charge is 0.383 e. The van der Waals surface area contributed by atoms with Crippen LogP contribution >= 0.6 is 0 Å². The van der Waals surface area contributed by atoms with Crippen molar-refractivity contribution in [1.82, 2.24) is 38.5 Å². The molecule has 6 atom stereocenters. The van der Waals surface area contributed by atoms with E-state index in [0.717, 1.165) is 72.7 Å². The van der Waals surface area contributed by atoms with E-state index in [2.05, 4.69) is 75.8 Å². The van der Waals surface area contributed by atoms with Gasteiger partial charge < -0.3 is 43.9 Å². The standard InChI is InChI=1S/C25H28N6O2.C18H22N4O2/c1-24(2)32-20-18(31-7-4-17-22(26)28-14-29-23(17)31)13-25(21(20)33-24)11-16(12-25)9-15-3-6-30-8-5-27-19(30)10-15;1-10-6-18(7-10)8-12(13-14(18)24-17(2,3)23-13)22-5-4-11-15(19)20-9-21-16(11)22/h3-8,10,14,16,18,20-21H,9,11-13H2,1-2H3,(H2,26,28,29);4-5,9,12-14H,1,6-8H2,2-3H3,(H2,19,20,21)/t16?,18-,20+,21+,25?;12-,13+,14+/m11/s1. The van der Waals surface area contributed by atoms with Crippen LogP contribution in [0.3, 0.4) is 0 Å². The van der Waals surface area contributed by atoms with E-state index >= 15 is 0 Å². The molecule has 0 aromatic carbocycles. The number of pyridine rings is 1. The number of anilines is 2. The molecule has 2 spiro atoms. The lowest BCUT2D eigenvalue weighted by atomic mass is 9.58. The molecule has 6 aromatic heterocycles. The van der Waals surface area contributed by atoms with E-state index in [1.807, 2.05) is 52.2 Å². The van der Waals surface area contributed by atoms with Crippen molar-refractivity contribution in [2.45, 2.75) is 121 Å². The van der Waals surface area contributed by atoms with E-state index in [0.29, 0.717) is 17.6 Å². The van der Waals surface area contributed by atoms with Gasteiger partial charge >= 0.3 is 0 Å². The summed E-state index contributed by atoms with van der Waals surface area (Å²) in [6, 6.07) is 8.79. The molecule has 4 N–H and O–H groups in total. The first-order valence-electron chi connectivity index (χ1n) is 20.2. The maximum Gasteiger partial charge on any atom is 0.163 e. The van der Waals surface area contributed by atoms with Gasteiger partial charge in [0.15, 0.2) is 11.6 Å². The maximum absolute atomic E-state index is 6.53. The molecule has 6 aromatic rings. The fourth-order valence-corrected chi connectivity index (χ4v) is 11.8. The number of allylic oxidation sites excluding steroid dienone is 1. The van der Waals surface area contributed by atoms with E-state index in [1.165, 1.54) is 17.5 Å². The molecule has 4 saturated carbocycles. The highest BCUT2D eigenvalue weighted by molar-refractivity contribution is 5.86. The zero-order chi connectivity index (χ0) is 39.1. The molecule has 14 heteroatoms. The minimum Gasteiger partial charge on any atom is -0.383 e. The van der Waals surface area contributed by atoms with Crippen LogP contribution in [0.15, 0.2) is 80.1 Å². The number of nitrogens with two attached hydrogens (primary N) is 2. The molecule has 296 valence electrons. The summed E-state index contributed by atoms with van der Waals surface area (Å²) in [5.74, 6) is 0.562. The Labute approximate surface area is 330 Å². The quantitative estimate of drug-likeness (QED) is 0.186. The third-order valence-electron chi connectivity index (χ3n) is 13.8. The number of rotatable bonds is 4. The molecule has 12 rings (SSSR count). The minimum absolute atomic E-state index is 0.00834. The predicted molar refractivity (Wildman–Crippen MR) is 214 cm³/mol. The van der Waals surface area contributed by atoms with E-state index in [9.17, 15) is 0 Å². The van der Waals surface area contributed by atoms with E-state index in [1.54, 1.807) is 6.33 Å². The van der Waals surface area contributed by atoms with Gasteiger partial charge in [0.05, 0.1) is 35.1 Å². The molecule has 6 aliphatic rings. The van der Waals surface area contributed by atoms with Crippen LogP contribution in [0.2, 0.25) is 0 Å². The number of nitrogen functional groups attached to an aromatic ring is 2. The van der Waals surface area contributed by atoms with Crippen LogP contribution < -0.4 is 11.5 Å². The first-order chi connectivity index (χ1) is 27.3. The van der Waals surface area contributed by atoms with Gasteiger partial charge in [0.1, 0.15) is 53.4 Å². The summed E-state index contributed by atoms with van der Waals surface area (Å²) < 4.78 is 32.1. The number of hydrogen-bond donors (Lipinski definition) is 2. The van der Waals surface area contributed by atoms with Crippen molar-refractivity contribution in [3.8, 4) is 0 Å². The Kier molecular flexibility index (Phi) is 7.47. The Balaban J connectivity index is 0.000000138. The number of hydrogen-bond acceptors (Lipinski definition) is 11. The van der Waals surface area contributed by atoms with Crippen LogP contribution in [0.1, 0.15) is 83.9 Å². The van der Waals surface area contributed by atoms with Crippen LogP contribution in [0.4, 0.5) is 11.6 Å². The summed E-state index contributed by atoms with van der Waals surface area (Å²) in [5.41, 5.74) is 17.8. The maximum atomic E-state index is 6.53. The number of imidazole rings is 1. The third kappa shape index (κ3) is 5.47. The summed E-state index contributed by atoms with van der Waals surface area (Å²) >= 11 is 0. The molecule has 4 aliphatic carbocycles. The number of ether oxygens (including phenoxy) is 4. The van der Waals surface area contributed by atoms with Crippen molar-refractivity contribution >= 4 is 39.3 Å². The highest BCUT2D eigenvalue weighted by Gasteiger charge is 2.66. The average molecular weight is 771 g/mol. The van der Waals surface area contributed by atoms with Gasteiger partial charge in [-0.25, -0.2) is 24.9 Å². The highest BCUT2D eigenvalue weighted by atomic mass is 16.8. The Morgan fingerprint density at radius 3 is 1.82 bits per heavy atom. The first-order valence-corrected chi connectivity index (χ1v) is 20.2. The molecule has 8 heterocycles. The van der Waals surface area contributed by atoms with Gasteiger partial charge in [-0.05, 0) is 108 Å². The second-order valence-electron chi connectivity index (χ2n) is 18.6. The summed E-state index contributed by atoms with van der Waals surface area (Å²) in [6.07, 6.45) is 20.9. The predicted octanol–water partition coefficient (Wildman–Crippen LogP) is 6.58. The number of nitrogens with zero attached hydrogens (tertiary/aromatic N) is 8. The van der Waals surface area contributed by atoms with Crippen LogP contribution in [0.25, 0.3) is 27.7 Å². The minimum atomic E-state index is -0.575. The molecule has 2 saturated heterocycles. The van der Waals surface area contributed by atoms with Crippen molar-refractivity contribution in [1.29, 1.82) is 0 Å². The molecular formula is C43H50N10O4. The fourth-order valence-electron chi connectivity index (χ4n) is 11.8. The fraction of sp³-hybridized carbons (Fsp3) is 0.512. The van der Waals surface area contributed by atoms with Crippen LogP contribution in [-0.2, 0) is 25.4 Å². The summed E-state index contributed by atoms with van der Waals surface area (Å²) in [6.45, 7) is 12.2. The van der Waals surface area contributed by atoms with Crippen LogP contribution in [0.5, 0.6) is 0 Å². The van der Waals surface area contributed by atoms with Crippen molar-refractivity contribution in [3.63, 3.8) is 0 Å². The first kappa shape index (κ1) is 35.3. The van der Waals surface area contributed by atoms with Gasteiger partial charge in [-0.3, -0.25) is 0 Å². The Morgan fingerprint density at radius 1 is 0.684 bits per heavy atom. The van der Waals surface area contributed by atoms with E-state index < -0.39 is 11.6 Å². The third-order valence-corrected chi connectivity index (χ3v) is 13.8. The van der Waals surface area contributed by atoms with Gasteiger partial charge in [-0.2, -0.15) is 0 Å². The second kappa shape index (κ2) is 12.1. The lowest BCUT2D eigenvalue weighted by molar-refractivity contribution is -0.181. The molecule has 0 bridgehead atoms. The monoisotopic (exact) mass is 770 g/mol. The molecule has 14 nitrogen and oxygen atoms in total. The topological polar surface area (TPSA) is 168 Å². The van der Waals surface area contributed by atoms with Gasteiger partial charge in [-0.1, -0.05) is 12.2 Å². The molecule has 2 aliphatic heterocycles. The molecule has 0 amide bonds. The van der Waals surface area contributed by atoms with Crippen LogP contribution in [0, 0.1) is 16.7 Å². The normalized spacial score (nSPS) is 32.8. The lowest BCUT2D eigenvalue weighted by Gasteiger charge is -2.49. The van der Waals surface area contributed by atoms with Gasteiger partial charge in [-0.15, -0.1) is 0 Å². The highest BCUT2D eigenvalue weighted by Crippen LogP contribution is 2.65. The smallest absolute Gasteiger partial charge is 0.163 e. The lowest BCUT2D eigenvalue weighted by Crippen LogP contribution is -2.46. The Hall–Kier alpha value is -4.89. The molecule has 57 heavy (non-hydrogen) atoms. The Bertz CT molecular complexity index is 2560. The average Bonchev–Trinajstić information content (AvgIpc) is 3.99. The summed E-state index contributed by atoms with van der Waals surface area (Å²) in [5, 5.41) is 1.79. The molecule has 0 radical (unpaired) electrons. The number of aromatic nitrogens is 8. The van der Waals surface area contributed by atoms with E-state index in [-0.39, 0.29) is 47.3 Å². The van der Waals surface area contributed by atoms with E-state index in [4.69, 9.17) is 30.4 Å². The molecule has 0 unspecified atom stereocenters. The summed E-state index contributed by atoms with van der Waals surface area (Å²) in [7, 11) is 0. The zero-order valence-electron chi connectivity index (χ0n) is 32.9. The van der Waals surface area contributed by atoms with Crippen molar-refractivity contribution in [2.24, 2.45) is 16.7 Å². The summed E-state index contributed by atoms with van der Waals surface area (Å²) in [4.78, 5) is 21.7.